The fourth-order valence-electron chi connectivity index (χ4n) is 3.26. The van der Waals surface area contributed by atoms with Gasteiger partial charge in [0.25, 0.3) is 5.92 Å². The first-order chi connectivity index (χ1) is 13.4. The summed E-state index contributed by atoms with van der Waals surface area (Å²) in [6, 6.07) is 5.94. The SMILES string of the molecule is N#Cc1cnc(Cn2c(N3CCC(F)(F)[C@H](N)C3)nc3cc(Cl)ccc32)cn1. The number of anilines is 1. The molecule has 0 saturated carbocycles. The minimum absolute atomic E-state index is 0.0108. The molecule has 1 aromatic carbocycles. The van der Waals surface area contributed by atoms with Crippen molar-refractivity contribution in [1.82, 2.24) is 19.5 Å². The van der Waals surface area contributed by atoms with E-state index in [4.69, 9.17) is 22.6 Å². The average Bonchev–Trinajstić information content (AvgIpc) is 3.02. The highest BCUT2D eigenvalue weighted by Gasteiger charge is 2.42. The maximum absolute atomic E-state index is 13.8. The number of hydrogen-bond donors (Lipinski definition) is 1. The van der Waals surface area contributed by atoms with E-state index < -0.39 is 12.0 Å². The number of imidazole rings is 1. The Balaban J connectivity index is 1.75. The largest absolute Gasteiger partial charge is 0.340 e. The van der Waals surface area contributed by atoms with Gasteiger partial charge in [0.2, 0.25) is 5.95 Å². The van der Waals surface area contributed by atoms with Crippen molar-refractivity contribution in [3.8, 4) is 6.07 Å². The van der Waals surface area contributed by atoms with Crippen LogP contribution in [0.2, 0.25) is 5.02 Å². The number of piperidine rings is 1. The van der Waals surface area contributed by atoms with Crippen molar-refractivity contribution in [1.29, 1.82) is 5.26 Å². The predicted molar refractivity (Wildman–Crippen MR) is 100 cm³/mol. The number of nitrogens with zero attached hydrogens (tertiary/aromatic N) is 6. The van der Waals surface area contributed by atoms with E-state index in [-0.39, 0.29) is 25.2 Å². The fraction of sp³-hybridized carbons (Fsp3) is 0.333. The molecule has 0 amide bonds. The Hall–Kier alpha value is -2.83. The van der Waals surface area contributed by atoms with Crippen molar-refractivity contribution >= 4 is 28.6 Å². The van der Waals surface area contributed by atoms with Gasteiger partial charge in [-0.05, 0) is 18.2 Å². The van der Waals surface area contributed by atoms with Crippen LogP contribution >= 0.6 is 11.6 Å². The standard InChI is InChI=1S/C18H16ClF2N7/c19-11-1-2-15-14(5-11)26-17(27-4-3-18(20,21)16(23)10-27)28(15)9-13-8-24-12(6-22)7-25-13/h1-2,5,7-8,16H,3-4,9-10,23H2/t16-/m1/s1. The van der Waals surface area contributed by atoms with Gasteiger partial charge in [-0.25, -0.2) is 18.7 Å². The highest BCUT2D eigenvalue weighted by Crippen LogP contribution is 2.32. The first kappa shape index (κ1) is 18.5. The molecule has 10 heteroatoms. The summed E-state index contributed by atoms with van der Waals surface area (Å²) in [5, 5.41) is 9.41. The Morgan fingerprint density at radius 3 is 2.82 bits per heavy atom. The second-order valence-electron chi connectivity index (χ2n) is 6.70. The molecule has 1 saturated heterocycles. The van der Waals surface area contributed by atoms with Gasteiger partial charge in [-0.1, -0.05) is 11.6 Å². The summed E-state index contributed by atoms with van der Waals surface area (Å²) in [4.78, 5) is 14.7. The van der Waals surface area contributed by atoms with Gasteiger partial charge in [-0.15, -0.1) is 0 Å². The van der Waals surface area contributed by atoms with Gasteiger partial charge in [0.15, 0.2) is 5.69 Å². The van der Waals surface area contributed by atoms with Crippen molar-refractivity contribution in [2.75, 3.05) is 18.0 Å². The monoisotopic (exact) mass is 403 g/mol. The second-order valence-corrected chi connectivity index (χ2v) is 7.14. The molecule has 1 aliphatic heterocycles. The van der Waals surface area contributed by atoms with E-state index in [0.717, 1.165) is 5.52 Å². The molecule has 1 atom stereocenters. The summed E-state index contributed by atoms with van der Waals surface area (Å²) >= 11 is 6.09. The third-order valence-corrected chi connectivity index (χ3v) is 5.02. The number of nitrogens with two attached hydrogens (primary N) is 1. The number of benzene rings is 1. The third-order valence-electron chi connectivity index (χ3n) is 4.79. The molecular weight excluding hydrogens is 388 g/mol. The van der Waals surface area contributed by atoms with Gasteiger partial charge >= 0.3 is 0 Å². The Morgan fingerprint density at radius 2 is 2.14 bits per heavy atom. The first-order valence-electron chi connectivity index (χ1n) is 8.62. The van der Waals surface area contributed by atoms with Crippen LogP contribution in [0.15, 0.2) is 30.6 Å². The maximum Gasteiger partial charge on any atom is 0.266 e. The lowest BCUT2D eigenvalue weighted by Crippen LogP contribution is -2.55. The number of alkyl halides is 2. The normalized spacial score (nSPS) is 19.0. The molecule has 7 nitrogen and oxygen atoms in total. The van der Waals surface area contributed by atoms with Crippen LogP contribution in [0.1, 0.15) is 17.8 Å². The molecule has 144 valence electrons. The van der Waals surface area contributed by atoms with E-state index >= 15 is 0 Å². The van der Waals surface area contributed by atoms with E-state index in [1.165, 1.54) is 12.4 Å². The minimum atomic E-state index is -2.89. The molecule has 1 fully saturated rings. The molecular formula is C18H16ClF2N7. The summed E-state index contributed by atoms with van der Waals surface area (Å²) in [6.45, 7) is 0.439. The molecule has 0 bridgehead atoms. The zero-order chi connectivity index (χ0) is 19.9. The Labute approximate surface area is 164 Å². The zero-order valence-corrected chi connectivity index (χ0v) is 15.4. The Kier molecular flexibility index (Phi) is 4.61. The van der Waals surface area contributed by atoms with E-state index in [1.807, 2.05) is 16.7 Å². The molecule has 2 N–H and O–H groups in total. The van der Waals surface area contributed by atoms with Crippen LogP contribution in [0.25, 0.3) is 11.0 Å². The zero-order valence-electron chi connectivity index (χ0n) is 14.7. The van der Waals surface area contributed by atoms with Crippen LogP contribution in [0.3, 0.4) is 0 Å². The summed E-state index contributed by atoms with van der Waals surface area (Å²) in [6.07, 6.45) is 2.57. The minimum Gasteiger partial charge on any atom is -0.340 e. The van der Waals surface area contributed by atoms with Gasteiger partial charge in [0.1, 0.15) is 6.07 Å². The lowest BCUT2D eigenvalue weighted by Gasteiger charge is -2.37. The third kappa shape index (κ3) is 3.37. The van der Waals surface area contributed by atoms with Crippen molar-refractivity contribution < 1.29 is 8.78 Å². The number of aromatic nitrogens is 4. The van der Waals surface area contributed by atoms with Crippen LogP contribution in [0, 0.1) is 11.3 Å². The first-order valence-corrected chi connectivity index (χ1v) is 9.00. The van der Waals surface area contributed by atoms with E-state index in [1.54, 1.807) is 17.0 Å². The molecule has 1 aliphatic rings. The molecule has 3 aromatic rings. The molecule has 0 aliphatic carbocycles. The summed E-state index contributed by atoms with van der Waals surface area (Å²) < 4.78 is 29.5. The van der Waals surface area contributed by atoms with Crippen LogP contribution in [0.4, 0.5) is 14.7 Å². The average molecular weight is 404 g/mol. The van der Waals surface area contributed by atoms with Gasteiger partial charge in [-0.2, -0.15) is 5.26 Å². The highest BCUT2D eigenvalue weighted by molar-refractivity contribution is 6.31. The van der Waals surface area contributed by atoms with Crippen molar-refractivity contribution in [3.05, 3.63) is 47.0 Å². The van der Waals surface area contributed by atoms with Gasteiger partial charge in [-0.3, -0.25) is 4.98 Å². The Morgan fingerprint density at radius 1 is 1.32 bits per heavy atom. The number of hydrogen-bond acceptors (Lipinski definition) is 6. The topological polar surface area (TPSA) is 96.7 Å². The van der Waals surface area contributed by atoms with E-state index in [0.29, 0.717) is 28.7 Å². The molecule has 0 spiro atoms. The van der Waals surface area contributed by atoms with Crippen molar-refractivity contribution in [2.45, 2.75) is 24.9 Å². The van der Waals surface area contributed by atoms with Crippen LogP contribution in [-0.4, -0.2) is 44.6 Å². The molecule has 3 heterocycles. The maximum atomic E-state index is 13.8. The summed E-state index contributed by atoms with van der Waals surface area (Å²) in [7, 11) is 0. The second kappa shape index (κ2) is 6.96. The van der Waals surface area contributed by atoms with Crippen LogP contribution in [0.5, 0.6) is 0 Å². The molecule has 0 unspecified atom stereocenters. The molecule has 4 rings (SSSR count). The highest BCUT2D eigenvalue weighted by atomic mass is 35.5. The molecule has 0 radical (unpaired) electrons. The van der Waals surface area contributed by atoms with Crippen LogP contribution < -0.4 is 10.6 Å². The summed E-state index contributed by atoms with van der Waals surface area (Å²) in [5.74, 6) is -2.37. The van der Waals surface area contributed by atoms with Crippen LogP contribution in [-0.2, 0) is 6.54 Å². The number of rotatable bonds is 3. The predicted octanol–water partition coefficient (Wildman–Crippen LogP) is 2.57. The number of halogens is 3. The van der Waals surface area contributed by atoms with Gasteiger partial charge < -0.3 is 15.2 Å². The quantitative estimate of drug-likeness (QED) is 0.722. The molecule has 28 heavy (non-hydrogen) atoms. The lowest BCUT2D eigenvalue weighted by atomic mass is 10.0. The van der Waals surface area contributed by atoms with Gasteiger partial charge in [0.05, 0.1) is 41.7 Å². The van der Waals surface area contributed by atoms with E-state index in [2.05, 4.69) is 15.0 Å². The lowest BCUT2D eigenvalue weighted by molar-refractivity contribution is -0.0395. The number of fused-ring (bicyclic) bond motifs is 1. The summed E-state index contributed by atoms with van der Waals surface area (Å²) in [5.41, 5.74) is 7.96. The van der Waals surface area contributed by atoms with Crippen molar-refractivity contribution in [2.24, 2.45) is 5.73 Å². The smallest absolute Gasteiger partial charge is 0.266 e. The van der Waals surface area contributed by atoms with Crippen molar-refractivity contribution in [3.63, 3.8) is 0 Å². The fourth-order valence-corrected chi connectivity index (χ4v) is 3.42. The molecule has 2 aromatic heterocycles. The number of nitriles is 1. The van der Waals surface area contributed by atoms with Gasteiger partial charge in [0, 0.05) is 24.5 Å². The Bertz CT molecular complexity index is 1060. The van der Waals surface area contributed by atoms with E-state index in [9.17, 15) is 8.78 Å².